The van der Waals surface area contributed by atoms with Gasteiger partial charge >= 0.3 is 5.97 Å². The Morgan fingerprint density at radius 1 is 1.07 bits per heavy atom. The van der Waals surface area contributed by atoms with Gasteiger partial charge < -0.3 is 19.7 Å². The third-order valence-electron chi connectivity index (χ3n) is 4.52. The Labute approximate surface area is 174 Å². The molecule has 1 aliphatic heterocycles. The van der Waals surface area contributed by atoms with E-state index in [9.17, 15) is 14.4 Å². The predicted octanol–water partition coefficient (Wildman–Crippen LogP) is 2.30. The first-order valence-electron chi connectivity index (χ1n) is 9.48. The van der Waals surface area contributed by atoms with Crippen LogP contribution in [0.2, 0.25) is 0 Å². The first-order chi connectivity index (χ1) is 14.6. The van der Waals surface area contributed by atoms with E-state index in [1.165, 1.54) is 24.3 Å². The van der Waals surface area contributed by atoms with Crippen LogP contribution in [0, 0.1) is 11.3 Å². The zero-order valence-electron chi connectivity index (χ0n) is 16.2. The number of nitrogens with zero attached hydrogens (tertiary/aromatic N) is 2. The summed E-state index contributed by atoms with van der Waals surface area (Å²) in [6, 6.07) is 16.7. The molecule has 0 bridgehead atoms. The van der Waals surface area contributed by atoms with E-state index >= 15 is 0 Å². The first-order valence-corrected chi connectivity index (χ1v) is 9.48. The summed E-state index contributed by atoms with van der Waals surface area (Å²) in [5, 5.41) is 11.1. The molecule has 8 nitrogen and oxygen atoms in total. The second kappa shape index (κ2) is 10.2. The molecular weight excluding hydrogens is 386 g/mol. The fourth-order valence-corrected chi connectivity index (χ4v) is 2.98. The molecule has 1 atom stereocenters. The summed E-state index contributed by atoms with van der Waals surface area (Å²) in [5.74, 6) is -1.38. The Bertz CT molecular complexity index is 931. The van der Waals surface area contributed by atoms with Crippen molar-refractivity contribution in [3.05, 3.63) is 65.7 Å². The van der Waals surface area contributed by atoms with Gasteiger partial charge in [0.25, 0.3) is 5.91 Å². The number of hydrogen-bond acceptors (Lipinski definition) is 6. The minimum absolute atomic E-state index is 0.240. The smallest absolute Gasteiger partial charge is 0.339 e. The van der Waals surface area contributed by atoms with Crippen LogP contribution in [0.25, 0.3) is 0 Å². The van der Waals surface area contributed by atoms with Crippen LogP contribution < -0.4 is 5.32 Å². The van der Waals surface area contributed by atoms with Gasteiger partial charge in [0.2, 0.25) is 12.0 Å². The number of amides is 2. The minimum Gasteiger partial charge on any atom is -0.444 e. The van der Waals surface area contributed by atoms with Gasteiger partial charge in [-0.15, -0.1) is 0 Å². The van der Waals surface area contributed by atoms with Gasteiger partial charge in [0.15, 0.2) is 0 Å². The molecule has 0 spiro atoms. The lowest BCUT2D eigenvalue weighted by Gasteiger charge is -2.30. The van der Waals surface area contributed by atoms with Gasteiger partial charge in [-0.1, -0.05) is 30.3 Å². The summed E-state index contributed by atoms with van der Waals surface area (Å²) in [6.45, 7) is 1.77. The third-order valence-corrected chi connectivity index (χ3v) is 4.52. The number of carbonyl (C=O) groups excluding carboxylic acids is 3. The molecule has 30 heavy (non-hydrogen) atoms. The van der Waals surface area contributed by atoms with Crippen molar-refractivity contribution in [3.8, 4) is 6.07 Å². The van der Waals surface area contributed by atoms with Gasteiger partial charge in [0.05, 0.1) is 24.8 Å². The standard InChI is InChI=1S/C22H21N3O5/c23-11-10-19(26)24-18-8-6-17(7-9-18)22(28)30-20(16-4-2-1-3-5-16)21(27)25-12-14-29-15-13-25/h1-9,20H,10,12-15H2,(H,24,26)/t20-/m1/s1. The molecule has 0 aliphatic carbocycles. The number of rotatable bonds is 6. The topological polar surface area (TPSA) is 109 Å². The van der Waals surface area contributed by atoms with Crippen molar-refractivity contribution in [1.82, 2.24) is 4.90 Å². The van der Waals surface area contributed by atoms with E-state index in [0.29, 0.717) is 37.6 Å². The molecule has 0 saturated carbocycles. The summed E-state index contributed by atoms with van der Waals surface area (Å²) >= 11 is 0. The quantitative estimate of drug-likeness (QED) is 0.736. The lowest BCUT2D eigenvalue weighted by Crippen LogP contribution is -2.44. The maximum absolute atomic E-state index is 13.0. The van der Waals surface area contributed by atoms with Crippen molar-refractivity contribution in [3.63, 3.8) is 0 Å². The molecule has 2 aromatic carbocycles. The van der Waals surface area contributed by atoms with Gasteiger partial charge in [-0.2, -0.15) is 5.26 Å². The van der Waals surface area contributed by atoms with Crippen LogP contribution in [-0.4, -0.2) is 49.0 Å². The van der Waals surface area contributed by atoms with E-state index in [1.807, 2.05) is 6.07 Å². The van der Waals surface area contributed by atoms with Crippen LogP contribution in [-0.2, 0) is 19.1 Å². The molecule has 1 saturated heterocycles. The lowest BCUT2D eigenvalue weighted by molar-refractivity contribution is -0.145. The first kappa shape index (κ1) is 21.0. The Morgan fingerprint density at radius 3 is 2.37 bits per heavy atom. The second-order valence-electron chi connectivity index (χ2n) is 6.59. The Morgan fingerprint density at radius 2 is 1.73 bits per heavy atom. The predicted molar refractivity (Wildman–Crippen MR) is 107 cm³/mol. The van der Waals surface area contributed by atoms with Crippen molar-refractivity contribution in [2.75, 3.05) is 31.6 Å². The van der Waals surface area contributed by atoms with Crippen molar-refractivity contribution < 1.29 is 23.9 Å². The van der Waals surface area contributed by atoms with E-state index in [4.69, 9.17) is 14.7 Å². The maximum Gasteiger partial charge on any atom is 0.339 e. The maximum atomic E-state index is 13.0. The second-order valence-corrected chi connectivity index (χ2v) is 6.59. The number of carbonyl (C=O) groups is 3. The molecule has 2 aromatic rings. The van der Waals surface area contributed by atoms with Crippen LogP contribution in [0.4, 0.5) is 5.69 Å². The normalized spacial score (nSPS) is 14.3. The largest absolute Gasteiger partial charge is 0.444 e. The molecule has 1 heterocycles. The highest BCUT2D eigenvalue weighted by Gasteiger charge is 2.30. The number of ether oxygens (including phenoxy) is 2. The Hall–Kier alpha value is -3.70. The van der Waals surface area contributed by atoms with E-state index in [0.717, 1.165) is 0 Å². The average Bonchev–Trinajstić information content (AvgIpc) is 2.78. The Balaban J connectivity index is 1.73. The minimum atomic E-state index is -1.06. The number of morpholine rings is 1. The van der Waals surface area contributed by atoms with Crippen LogP contribution in [0.15, 0.2) is 54.6 Å². The van der Waals surface area contributed by atoms with Gasteiger partial charge in [-0.25, -0.2) is 4.79 Å². The van der Waals surface area contributed by atoms with E-state index in [-0.39, 0.29) is 17.9 Å². The Kier molecular flexibility index (Phi) is 7.14. The highest BCUT2D eigenvalue weighted by Crippen LogP contribution is 2.23. The number of hydrogen-bond donors (Lipinski definition) is 1. The molecule has 0 radical (unpaired) electrons. The van der Waals surface area contributed by atoms with Crippen LogP contribution >= 0.6 is 0 Å². The zero-order chi connectivity index (χ0) is 21.3. The molecule has 0 unspecified atom stereocenters. The molecule has 1 N–H and O–H groups in total. The fourth-order valence-electron chi connectivity index (χ4n) is 2.98. The van der Waals surface area contributed by atoms with Gasteiger partial charge in [-0.3, -0.25) is 9.59 Å². The molecule has 154 valence electrons. The van der Waals surface area contributed by atoms with Gasteiger partial charge in [0, 0.05) is 24.3 Å². The average molecular weight is 407 g/mol. The van der Waals surface area contributed by atoms with Crippen LogP contribution in [0.3, 0.4) is 0 Å². The number of nitriles is 1. The molecule has 1 aliphatic rings. The summed E-state index contributed by atoms with van der Waals surface area (Å²) in [5.41, 5.74) is 1.28. The monoisotopic (exact) mass is 407 g/mol. The molecule has 3 rings (SSSR count). The summed E-state index contributed by atoms with van der Waals surface area (Å²) in [6.07, 6.45) is -1.32. The molecule has 2 amide bonds. The lowest BCUT2D eigenvalue weighted by atomic mass is 10.1. The number of anilines is 1. The van der Waals surface area contributed by atoms with Crippen molar-refractivity contribution in [2.24, 2.45) is 0 Å². The number of nitrogens with one attached hydrogen (secondary N) is 1. The van der Waals surface area contributed by atoms with Gasteiger partial charge in [-0.05, 0) is 24.3 Å². The summed E-state index contributed by atoms with van der Waals surface area (Å²) in [7, 11) is 0. The van der Waals surface area contributed by atoms with Crippen molar-refractivity contribution >= 4 is 23.5 Å². The summed E-state index contributed by atoms with van der Waals surface area (Å²) in [4.78, 5) is 38.8. The molecule has 8 heteroatoms. The van der Waals surface area contributed by atoms with Gasteiger partial charge in [0.1, 0.15) is 6.42 Å². The van der Waals surface area contributed by atoms with Crippen molar-refractivity contribution in [1.29, 1.82) is 5.26 Å². The number of benzene rings is 2. The van der Waals surface area contributed by atoms with E-state index in [1.54, 1.807) is 35.2 Å². The van der Waals surface area contributed by atoms with E-state index in [2.05, 4.69) is 5.32 Å². The highest BCUT2D eigenvalue weighted by molar-refractivity contribution is 5.95. The van der Waals surface area contributed by atoms with E-state index < -0.39 is 18.0 Å². The highest BCUT2D eigenvalue weighted by atomic mass is 16.5. The third kappa shape index (κ3) is 5.43. The fraction of sp³-hybridized carbons (Fsp3) is 0.273. The molecule has 1 fully saturated rings. The SMILES string of the molecule is N#CCC(=O)Nc1ccc(C(=O)O[C@@H](C(=O)N2CCOCC2)c2ccccc2)cc1. The van der Waals surface area contributed by atoms with Crippen LogP contribution in [0.5, 0.6) is 0 Å². The summed E-state index contributed by atoms with van der Waals surface area (Å²) < 4.78 is 10.9. The molecular formula is C22H21N3O5. The van der Waals surface area contributed by atoms with Crippen LogP contribution in [0.1, 0.15) is 28.4 Å². The van der Waals surface area contributed by atoms with Crippen molar-refractivity contribution in [2.45, 2.75) is 12.5 Å². The number of esters is 1. The molecule has 0 aromatic heterocycles. The zero-order valence-corrected chi connectivity index (χ0v) is 16.2.